The van der Waals surface area contributed by atoms with Crippen LogP contribution in [-0.2, 0) is 15.3 Å². The molecular formula is C29H19N5O5S2. The number of aromatic nitrogens is 3. The Morgan fingerprint density at radius 2 is 1.71 bits per heavy atom. The van der Waals surface area contributed by atoms with Gasteiger partial charge in [0.25, 0.3) is 11.5 Å². The van der Waals surface area contributed by atoms with Crippen molar-refractivity contribution in [2.24, 2.45) is 0 Å². The number of aliphatic hydroxyl groups is 1. The number of fused-ring (bicyclic) bond motifs is 1. The number of carbonyl (C=O) groups excluding carboxylic acids is 2. The fourth-order valence-electron chi connectivity index (χ4n) is 4.70. The van der Waals surface area contributed by atoms with Crippen LogP contribution in [-0.4, -0.2) is 36.9 Å². The van der Waals surface area contributed by atoms with Gasteiger partial charge in [0.05, 0.1) is 16.5 Å². The first-order valence-corrected chi connectivity index (χ1v) is 14.1. The van der Waals surface area contributed by atoms with E-state index in [1.165, 1.54) is 65.5 Å². The first-order valence-electron chi connectivity index (χ1n) is 12.3. The number of hydrogen-bond donors (Lipinski definition) is 1. The molecule has 41 heavy (non-hydrogen) atoms. The van der Waals surface area contributed by atoms with Crippen molar-refractivity contribution in [1.29, 1.82) is 0 Å². The zero-order valence-corrected chi connectivity index (χ0v) is 22.7. The van der Waals surface area contributed by atoms with Crippen molar-refractivity contribution in [3.63, 3.8) is 0 Å². The Labute approximate surface area is 241 Å². The van der Waals surface area contributed by atoms with Crippen LogP contribution in [0.5, 0.6) is 0 Å². The third-order valence-corrected chi connectivity index (χ3v) is 8.76. The van der Waals surface area contributed by atoms with Gasteiger partial charge in [-0.3, -0.25) is 29.6 Å². The molecule has 0 radical (unpaired) electrons. The Morgan fingerprint density at radius 1 is 0.976 bits per heavy atom. The van der Waals surface area contributed by atoms with Gasteiger partial charge < -0.3 is 5.11 Å². The summed E-state index contributed by atoms with van der Waals surface area (Å²) in [6, 6.07) is 21.6. The molecule has 6 rings (SSSR count). The molecule has 2 aromatic heterocycles. The van der Waals surface area contributed by atoms with Crippen LogP contribution in [0.2, 0.25) is 0 Å². The van der Waals surface area contributed by atoms with Crippen molar-refractivity contribution < 1.29 is 19.6 Å². The van der Waals surface area contributed by atoms with Gasteiger partial charge in [-0.2, -0.15) is 0 Å². The number of anilines is 1. The molecular weight excluding hydrogens is 562 g/mol. The summed E-state index contributed by atoms with van der Waals surface area (Å²) in [4.78, 5) is 42.5. The summed E-state index contributed by atoms with van der Waals surface area (Å²) in [5.74, 6) is -1.55. The lowest BCUT2D eigenvalue weighted by molar-refractivity contribution is -0.384. The number of nitro benzene ring substituents is 1. The normalized spacial score (nSPS) is 16.4. The quantitative estimate of drug-likeness (QED) is 0.0472. The van der Waals surface area contributed by atoms with E-state index in [2.05, 4.69) is 21.2 Å². The second-order valence-electron chi connectivity index (χ2n) is 9.03. The van der Waals surface area contributed by atoms with Crippen LogP contribution >= 0.6 is 23.1 Å². The molecule has 1 unspecified atom stereocenters. The van der Waals surface area contributed by atoms with E-state index in [0.29, 0.717) is 21.2 Å². The van der Waals surface area contributed by atoms with E-state index in [1.807, 2.05) is 36.4 Å². The van der Waals surface area contributed by atoms with Gasteiger partial charge in [0.2, 0.25) is 5.13 Å². The summed E-state index contributed by atoms with van der Waals surface area (Å²) in [7, 11) is 0. The van der Waals surface area contributed by atoms with Gasteiger partial charge in [0.15, 0.2) is 4.34 Å². The molecule has 0 spiro atoms. The molecule has 1 atom stereocenters. The predicted molar refractivity (Wildman–Crippen MR) is 156 cm³/mol. The molecule has 1 aliphatic rings. The Hall–Kier alpha value is -4.94. The standard InChI is InChI=1S/C29H19N5O5S2/c35-25(19-12-14-30-15-13-19)23-24(18-8-10-21(11-9-18)34(38)39)33(27(37)26(23)36)28-31-32-29(41-28)40-16-20-6-3-5-17-4-1-2-7-22(17)20/h1-15,24,35H,16H2/b25-23+. The number of aliphatic hydroxyl groups excluding tert-OH is 1. The zero-order chi connectivity index (χ0) is 28.5. The highest BCUT2D eigenvalue weighted by Crippen LogP contribution is 2.44. The first kappa shape index (κ1) is 26.3. The third kappa shape index (κ3) is 4.94. The molecule has 202 valence electrons. The van der Waals surface area contributed by atoms with Crippen molar-refractivity contribution >= 4 is 62.1 Å². The van der Waals surface area contributed by atoms with Crippen LogP contribution < -0.4 is 4.90 Å². The monoisotopic (exact) mass is 581 g/mol. The molecule has 12 heteroatoms. The second kappa shape index (κ2) is 10.9. The van der Waals surface area contributed by atoms with E-state index in [9.17, 15) is 24.8 Å². The number of rotatable bonds is 7. The summed E-state index contributed by atoms with van der Waals surface area (Å²) >= 11 is 2.60. The average molecular weight is 582 g/mol. The number of ketones is 1. The fourth-order valence-corrected chi connectivity index (χ4v) is 6.58. The van der Waals surface area contributed by atoms with Gasteiger partial charge in [-0.05, 0) is 46.2 Å². The van der Waals surface area contributed by atoms with Gasteiger partial charge >= 0.3 is 5.91 Å². The lowest BCUT2D eigenvalue weighted by Gasteiger charge is -2.22. The molecule has 5 aromatic rings. The maximum absolute atomic E-state index is 13.4. The van der Waals surface area contributed by atoms with Gasteiger partial charge in [-0.25, -0.2) is 0 Å². The van der Waals surface area contributed by atoms with Crippen LogP contribution in [0.3, 0.4) is 0 Å². The molecule has 3 aromatic carbocycles. The topological polar surface area (TPSA) is 139 Å². The van der Waals surface area contributed by atoms with Crippen molar-refractivity contribution in [2.75, 3.05) is 4.90 Å². The number of non-ortho nitro benzene ring substituents is 1. The van der Waals surface area contributed by atoms with Crippen LogP contribution in [0.15, 0.2) is 101 Å². The lowest BCUT2D eigenvalue weighted by Crippen LogP contribution is -2.29. The van der Waals surface area contributed by atoms with Crippen LogP contribution in [0.25, 0.3) is 16.5 Å². The highest BCUT2D eigenvalue weighted by molar-refractivity contribution is 8.00. The van der Waals surface area contributed by atoms with E-state index in [0.717, 1.165) is 27.7 Å². The molecule has 1 saturated heterocycles. The first-order chi connectivity index (χ1) is 19.9. The smallest absolute Gasteiger partial charge is 0.301 e. The van der Waals surface area contributed by atoms with Crippen molar-refractivity contribution in [3.05, 3.63) is 124 Å². The number of hydrogen-bond acceptors (Lipinski definition) is 10. The maximum Gasteiger partial charge on any atom is 0.301 e. The molecule has 10 nitrogen and oxygen atoms in total. The molecule has 0 saturated carbocycles. The summed E-state index contributed by atoms with van der Waals surface area (Å²) in [6.07, 6.45) is 2.91. The molecule has 1 amide bonds. The number of carbonyl (C=O) groups is 2. The Morgan fingerprint density at radius 3 is 2.46 bits per heavy atom. The fraction of sp³-hybridized carbons (Fsp3) is 0.0690. The molecule has 0 aliphatic carbocycles. The van der Waals surface area contributed by atoms with E-state index in [-0.39, 0.29) is 22.2 Å². The van der Waals surface area contributed by atoms with Crippen molar-refractivity contribution in [3.8, 4) is 0 Å². The molecule has 1 aliphatic heterocycles. The third-order valence-electron chi connectivity index (χ3n) is 6.65. The van der Waals surface area contributed by atoms with Crippen molar-refractivity contribution in [2.45, 2.75) is 16.1 Å². The van der Waals surface area contributed by atoms with Crippen molar-refractivity contribution in [1.82, 2.24) is 15.2 Å². The predicted octanol–water partition coefficient (Wildman–Crippen LogP) is 5.91. The minimum atomic E-state index is -1.08. The van der Waals surface area contributed by atoms with E-state index < -0.39 is 22.7 Å². The molecule has 1 fully saturated rings. The summed E-state index contributed by atoms with van der Waals surface area (Å²) in [5.41, 5.74) is 1.51. The maximum atomic E-state index is 13.4. The Balaban J connectivity index is 1.37. The second-order valence-corrected chi connectivity index (χ2v) is 11.2. The average Bonchev–Trinajstić information content (AvgIpc) is 3.58. The lowest BCUT2D eigenvalue weighted by atomic mass is 9.95. The summed E-state index contributed by atoms with van der Waals surface area (Å²) in [5, 5.41) is 33.3. The molecule has 1 N–H and O–H groups in total. The zero-order valence-electron chi connectivity index (χ0n) is 21.1. The Kier molecular flexibility index (Phi) is 7.00. The highest BCUT2D eigenvalue weighted by Gasteiger charge is 2.48. The van der Waals surface area contributed by atoms with E-state index in [1.54, 1.807) is 0 Å². The number of thioether (sulfide) groups is 1. The summed E-state index contributed by atoms with van der Waals surface area (Å²) in [6.45, 7) is 0. The van der Waals surface area contributed by atoms with Gasteiger partial charge in [0.1, 0.15) is 5.76 Å². The van der Waals surface area contributed by atoms with Gasteiger partial charge in [0, 0.05) is 35.8 Å². The number of benzene rings is 3. The molecule has 0 bridgehead atoms. The van der Waals surface area contributed by atoms with Crippen LogP contribution in [0.4, 0.5) is 10.8 Å². The number of pyridine rings is 1. The number of nitrogens with zero attached hydrogens (tertiary/aromatic N) is 5. The number of Topliss-reactive ketones (excluding diaryl/α,β-unsaturated/α-hetero) is 1. The number of nitro groups is 1. The minimum absolute atomic E-state index is 0.150. The largest absolute Gasteiger partial charge is 0.507 e. The molecule has 3 heterocycles. The number of amides is 1. The SMILES string of the molecule is O=C1C(=O)N(c2nnc(SCc3cccc4ccccc34)s2)C(c2ccc([N+](=O)[O-])cc2)/C1=C(\O)c1ccncc1. The van der Waals surface area contributed by atoms with E-state index in [4.69, 9.17) is 0 Å². The van der Waals surface area contributed by atoms with Crippen LogP contribution in [0.1, 0.15) is 22.7 Å². The Bertz CT molecular complexity index is 1830. The van der Waals surface area contributed by atoms with Gasteiger partial charge in [-0.1, -0.05) is 65.6 Å². The highest BCUT2D eigenvalue weighted by atomic mass is 32.2. The van der Waals surface area contributed by atoms with Crippen LogP contribution in [0, 0.1) is 10.1 Å². The minimum Gasteiger partial charge on any atom is -0.507 e. The van der Waals surface area contributed by atoms with Gasteiger partial charge in [-0.15, -0.1) is 10.2 Å². The summed E-state index contributed by atoms with van der Waals surface area (Å²) < 4.78 is 0.589. The van der Waals surface area contributed by atoms with E-state index >= 15 is 0 Å².